The van der Waals surface area contributed by atoms with E-state index in [-0.39, 0.29) is 6.54 Å². The molecule has 1 aliphatic rings. The van der Waals surface area contributed by atoms with E-state index in [9.17, 15) is 18.4 Å². The molecule has 0 aromatic rings. The first-order valence-electron chi connectivity index (χ1n) is 3.57. The van der Waals surface area contributed by atoms with E-state index < -0.39 is 31.0 Å². The maximum atomic E-state index is 11.8. The summed E-state index contributed by atoms with van der Waals surface area (Å²) in [6.45, 7) is -0.864. The molecule has 1 saturated heterocycles. The van der Waals surface area contributed by atoms with Crippen molar-refractivity contribution in [2.45, 2.75) is 12.5 Å². The number of rotatable bonds is 3. The molecule has 1 heterocycles. The molecule has 1 rings (SSSR count). The number of aliphatic hydroxyl groups excluding tert-OH is 1. The molecule has 5 nitrogen and oxygen atoms in total. The van der Waals surface area contributed by atoms with Gasteiger partial charge in [-0.25, -0.2) is 13.6 Å². The third-order valence-electron chi connectivity index (χ3n) is 1.60. The lowest BCUT2D eigenvalue weighted by Crippen LogP contribution is -2.40. The summed E-state index contributed by atoms with van der Waals surface area (Å²) < 4.78 is 23.6. The van der Waals surface area contributed by atoms with Gasteiger partial charge < -0.3 is 10.4 Å². The van der Waals surface area contributed by atoms with Crippen molar-refractivity contribution in [3.05, 3.63) is 0 Å². The number of urea groups is 1. The van der Waals surface area contributed by atoms with E-state index in [1.54, 1.807) is 0 Å². The zero-order valence-corrected chi connectivity index (χ0v) is 6.54. The average Bonchev–Trinajstić information content (AvgIpc) is 2.35. The summed E-state index contributed by atoms with van der Waals surface area (Å²) in [6, 6.07) is -0.746. The van der Waals surface area contributed by atoms with Gasteiger partial charge in [0.2, 0.25) is 5.91 Å². The smallest absolute Gasteiger partial charge is 0.324 e. The number of imide groups is 1. The Morgan fingerprint density at radius 1 is 1.54 bits per heavy atom. The molecule has 0 aromatic carbocycles. The maximum absolute atomic E-state index is 11.8. The molecule has 0 aliphatic carbocycles. The molecular formula is C6H8F2N2O3. The summed E-state index contributed by atoms with van der Waals surface area (Å²) in [7, 11) is 0. The van der Waals surface area contributed by atoms with Gasteiger partial charge in [0.05, 0.1) is 13.1 Å². The van der Waals surface area contributed by atoms with Crippen LogP contribution in [0.3, 0.4) is 0 Å². The van der Waals surface area contributed by atoms with Crippen LogP contribution < -0.4 is 5.32 Å². The zero-order chi connectivity index (χ0) is 10.0. The van der Waals surface area contributed by atoms with Crippen LogP contribution in [0, 0.1) is 0 Å². The highest BCUT2D eigenvalue weighted by atomic mass is 19.3. The SMILES string of the molecule is O=C1CNC(=O)N1CC(O)C(F)F. The molecular weight excluding hydrogens is 186 g/mol. The van der Waals surface area contributed by atoms with E-state index in [0.717, 1.165) is 0 Å². The summed E-state index contributed by atoms with van der Waals surface area (Å²) in [5, 5.41) is 10.8. The van der Waals surface area contributed by atoms with Gasteiger partial charge in [-0.2, -0.15) is 0 Å². The summed E-state index contributed by atoms with van der Waals surface area (Å²) >= 11 is 0. The van der Waals surface area contributed by atoms with Gasteiger partial charge >= 0.3 is 6.03 Å². The number of nitrogens with zero attached hydrogens (tertiary/aromatic N) is 1. The lowest BCUT2D eigenvalue weighted by molar-refractivity contribution is -0.127. The fraction of sp³-hybridized carbons (Fsp3) is 0.667. The Labute approximate surface area is 72.3 Å². The van der Waals surface area contributed by atoms with Crippen LogP contribution in [0.25, 0.3) is 0 Å². The lowest BCUT2D eigenvalue weighted by Gasteiger charge is -2.16. The van der Waals surface area contributed by atoms with Crippen molar-refractivity contribution in [3.8, 4) is 0 Å². The molecule has 3 amide bonds. The molecule has 1 fully saturated rings. The second-order valence-corrected chi connectivity index (χ2v) is 2.56. The average molecular weight is 194 g/mol. The van der Waals surface area contributed by atoms with Gasteiger partial charge in [0.1, 0.15) is 6.10 Å². The highest BCUT2D eigenvalue weighted by Gasteiger charge is 2.32. The van der Waals surface area contributed by atoms with Crippen molar-refractivity contribution in [3.63, 3.8) is 0 Å². The van der Waals surface area contributed by atoms with Gasteiger partial charge in [-0.05, 0) is 0 Å². The second kappa shape index (κ2) is 3.65. The first-order valence-corrected chi connectivity index (χ1v) is 3.57. The van der Waals surface area contributed by atoms with E-state index in [2.05, 4.69) is 5.32 Å². The van der Waals surface area contributed by atoms with Crippen molar-refractivity contribution >= 4 is 11.9 Å². The lowest BCUT2D eigenvalue weighted by atomic mass is 10.3. The Morgan fingerprint density at radius 2 is 2.15 bits per heavy atom. The predicted octanol–water partition coefficient (Wildman–Crippen LogP) is -0.836. The van der Waals surface area contributed by atoms with E-state index >= 15 is 0 Å². The molecule has 7 heteroatoms. The fourth-order valence-electron chi connectivity index (χ4n) is 0.907. The molecule has 1 unspecified atom stereocenters. The Balaban J connectivity index is 2.52. The normalized spacial score (nSPS) is 19.5. The van der Waals surface area contributed by atoms with Crippen molar-refractivity contribution in [1.29, 1.82) is 0 Å². The Kier molecular flexibility index (Phi) is 2.76. The Bertz CT molecular complexity index is 218. The summed E-state index contributed by atoms with van der Waals surface area (Å²) in [5.41, 5.74) is 0. The number of amides is 3. The number of aliphatic hydroxyl groups is 1. The number of alkyl halides is 2. The van der Waals surface area contributed by atoms with E-state index in [0.29, 0.717) is 4.90 Å². The number of hydrogen-bond donors (Lipinski definition) is 2. The number of carbonyl (C=O) groups excluding carboxylic acids is 2. The minimum Gasteiger partial charge on any atom is -0.385 e. The number of β-amino-alcohol motifs (C(OH)–C–C–N with tert-alkyl or cyclic N) is 1. The standard InChI is InChI=1S/C6H8F2N2O3/c7-5(8)3(11)2-10-4(12)1-9-6(10)13/h3,5,11H,1-2H2,(H,9,13). The first kappa shape index (κ1) is 9.85. The molecule has 74 valence electrons. The number of carbonyl (C=O) groups is 2. The van der Waals surface area contributed by atoms with Gasteiger partial charge in [0.25, 0.3) is 6.43 Å². The van der Waals surface area contributed by atoms with E-state index in [1.165, 1.54) is 0 Å². The number of nitrogens with one attached hydrogen (secondary N) is 1. The van der Waals surface area contributed by atoms with Crippen molar-refractivity contribution in [2.75, 3.05) is 13.1 Å². The Hall–Kier alpha value is -1.24. The summed E-state index contributed by atoms with van der Waals surface area (Å²) in [6.07, 6.45) is -4.94. The third-order valence-corrected chi connectivity index (χ3v) is 1.60. The minimum absolute atomic E-state index is 0.200. The van der Waals surface area contributed by atoms with Crippen LogP contribution in [0.15, 0.2) is 0 Å². The monoisotopic (exact) mass is 194 g/mol. The summed E-state index contributed by atoms with van der Waals surface area (Å²) in [5.74, 6) is -0.607. The molecule has 0 saturated carbocycles. The first-order chi connectivity index (χ1) is 6.02. The molecule has 0 bridgehead atoms. The minimum atomic E-state index is -2.96. The van der Waals surface area contributed by atoms with E-state index in [4.69, 9.17) is 5.11 Å². The van der Waals surface area contributed by atoms with Crippen LogP contribution in [0.4, 0.5) is 13.6 Å². The molecule has 13 heavy (non-hydrogen) atoms. The zero-order valence-electron chi connectivity index (χ0n) is 6.54. The van der Waals surface area contributed by atoms with Crippen LogP contribution in [0.1, 0.15) is 0 Å². The van der Waals surface area contributed by atoms with Gasteiger partial charge in [0, 0.05) is 0 Å². The highest BCUT2D eigenvalue weighted by Crippen LogP contribution is 2.06. The molecule has 1 aliphatic heterocycles. The van der Waals surface area contributed by atoms with Crippen molar-refractivity contribution in [1.82, 2.24) is 10.2 Å². The number of hydrogen-bond acceptors (Lipinski definition) is 3. The van der Waals surface area contributed by atoms with Gasteiger partial charge in [-0.3, -0.25) is 9.69 Å². The largest absolute Gasteiger partial charge is 0.385 e. The second-order valence-electron chi connectivity index (χ2n) is 2.56. The van der Waals surface area contributed by atoms with Crippen LogP contribution in [0.2, 0.25) is 0 Å². The molecule has 0 aromatic heterocycles. The Morgan fingerprint density at radius 3 is 2.54 bits per heavy atom. The molecule has 1 atom stereocenters. The van der Waals surface area contributed by atoms with Crippen molar-refractivity contribution in [2.24, 2.45) is 0 Å². The highest BCUT2D eigenvalue weighted by molar-refractivity contribution is 6.01. The topological polar surface area (TPSA) is 69.6 Å². The number of halogens is 2. The molecule has 0 radical (unpaired) electrons. The third kappa shape index (κ3) is 2.11. The van der Waals surface area contributed by atoms with Gasteiger partial charge in [-0.1, -0.05) is 0 Å². The van der Waals surface area contributed by atoms with E-state index in [1.807, 2.05) is 0 Å². The van der Waals surface area contributed by atoms with Crippen LogP contribution in [-0.4, -0.2) is 47.6 Å². The summed E-state index contributed by atoms with van der Waals surface area (Å²) in [4.78, 5) is 22.2. The quantitative estimate of drug-likeness (QED) is 0.576. The predicted molar refractivity (Wildman–Crippen MR) is 37.1 cm³/mol. The van der Waals surface area contributed by atoms with Crippen molar-refractivity contribution < 1.29 is 23.5 Å². The molecule has 2 N–H and O–H groups in total. The van der Waals surface area contributed by atoms with Crippen LogP contribution >= 0.6 is 0 Å². The van der Waals surface area contributed by atoms with Crippen LogP contribution in [0.5, 0.6) is 0 Å². The van der Waals surface area contributed by atoms with Crippen LogP contribution in [-0.2, 0) is 4.79 Å². The molecule has 0 spiro atoms. The van der Waals surface area contributed by atoms with Gasteiger partial charge in [-0.15, -0.1) is 0 Å². The van der Waals surface area contributed by atoms with Gasteiger partial charge in [0.15, 0.2) is 0 Å². The fourth-order valence-corrected chi connectivity index (χ4v) is 0.907. The maximum Gasteiger partial charge on any atom is 0.324 e.